The number of alkyl halides is 3. The van der Waals surface area contributed by atoms with Gasteiger partial charge in [-0.15, -0.1) is 0 Å². The highest BCUT2D eigenvalue weighted by molar-refractivity contribution is 7.80. The Bertz CT molecular complexity index is 1760. The lowest BCUT2D eigenvalue weighted by molar-refractivity contribution is -0.138. The van der Waals surface area contributed by atoms with Gasteiger partial charge in [-0.3, -0.25) is 0 Å². The van der Waals surface area contributed by atoms with E-state index in [1.165, 1.54) is 12.1 Å². The quantitative estimate of drug-likeness (QED) is 0.139. The lowest BCUT2D eigenvalue weighted by atomic mass is 10.1. The van der Waals surface area contributed by atoms with Crippen LogP contribution in [0.3, 0.4) is 0 Å². The van der Waals surface area contributed by atoms with E-state index >= 15 is 0 Å². The second-order valence-corrected chi connectivity index (χ2v) is 11.1. The molecule has 0 aliphatic carbocycles. The predicted octanol–water partition coefficient (Wildman–Crippen LogP) is 8.23. The molecule has 0 fully saturated rings. The van der Waals surface area contributed by atoms with Gasteiger partial charge < -0.3 is 19.5 Å². The number of hydrogen-bond acceptors (Lipinski definition) is 4. The highest BCUT2D eigenvalue weighted by atomic mass is 32.1. The SMILES string of the molecule is N#Cc1ccc(Cn2cncc2CCCN(Cc2ccccc2C(F)(F)F)C(=S)Nc2ccc(OCc3ccccc3)cc2)cc1. The van der Waals surface area contributed by atoms with E-state index in [-0.39, 0.29) is 12.1 Å². The summed E-state index contributed by atoms with van der Waals surface area (Å²) in [4.78, 5) is 6.07. The maximum atomic E-state index is 13.9. The average Bonchev–Trinajstić information content (AvgIpc) is 3.51. The van der Waals surface area contributed by atoms with Crippen molar-refractivity contribution in [2.24, 2.45) is 0 Å². The Morgan fingerprint density at radius 3 is 2.35 bits per heavy atom. The number of aryl methyl sites for hydroxylation is 1. The van der Waals surface area contributed by atoms with Gasteiger partial charge in [-0.1, -0.05) is 60.7 Å². The van der Waals surface area contributed by atoms with E-state index in [0.717, 1.165) is 22.9 Å². The molecule has 6 nitrogen and oxygen atoms in total. The van der Waals surface area contributed by atoms with Gasteiger partial charge in [0, 0.05) is 37.2 Å². The molecule has 0 saturated carbocycles. The van der Waals surface area contributed by atoms with Crippen molar-refractivity contribution < 1.29 is 17.9 Å². The van der Waals surface area contributed by atoms with Crippen LogP contribution < -0.4 is 10.1 Å². The minimum atomic E-state index is -4.48. The molecule has 0 radical (unpaired) electrons. The van der Waals surface area contributed by atoms with Crippen LogP contribution in [0.1, 0.15) is 39.9 Å². The topological polar surface area (TPSA) is 66.1 Å². The van der Waals surface area contributed by atoms with Gasteiger partial charge in [-0.05, 0) is 84.2 Å². The number of nitriles is 1. The number of aromatic nitrogens is 2. The van der Waals surface area contributed by atoms with Gasteiger partial charge >= 0.3 is 6.18 Å². The maximum absolute atomic E-state index is 13.9. The van der Waals surface area contributed by atoms with Crippen LogP contribution in [0.2, 0.25) is 0 Å². The van der Waals surface area contributed by atoms with Gasteiger partial charge in [0.25, 0.3) is 0 Å². The molecular weight excluding hydrogens is 607 g/mol. The first-order valence-corrected chi connectivity index (χ1v) is 15.1. The molecule has 0 aliphatic rings. The minimum Gasteiger partial charge on any atom is -0.489 e. The fourth-order valence-electron chi connectivity index (χ4n) is 5.00. The zero-order valence-corrected chi connectivity index (χ0v) is 25.8. The Kier molecular flexibility index (Phi) is 10.7. The van der Waals surface area contributed by atoms with Crippen molar-refractivity contribution in [1.82, 2.24) is 14.5 Å². The number of nitrogens with one attached hydrogen (secondary N) is 1. The van der Waals surface area contributed by atoms with E-state index in [0.29, 0.717) is 54.7 Å². The van der Waals surface area contributed by atoms with Gasteiger partial charge in [0.15, 0.2) is 5.11 Å². The first-order valence-electron chi connectivity index (χ1n) is 14.7. The number of thiocarbonyl (C=S) groups is 1. The van der Waals surface area contributed by atoms with Crippen molar-refractivity contribution in [2.75, 3.05) is 11.9 Å². The standard InChI is InChI=1S/C36H32F3N5OS/c37-36(38,39)34-11-5-4-9-30(34)24-43(20-6-10-32-22-41-26-44(32)23-28-14-12-27(21-40)13-15-28)35(46)42-31-16-18-33(19-17-31)45-25-29-7-2-1-3-8-29/h1-5,7-9,11-19,22,26H,6,10,20,23-25H2,(H,42,46). The van der Waals surface area contributed by atoms with E-state index in [9.17, 15) is 13.2 Å². The molecule has 4 aromatic carbocycles. The van der Waals surface area contributed by atoms with Crippen LogP contribution >= 0.6 is 12.2 Å². The van der Waals surface area contributed by atoms with Crippen LogP contribution in [0.4, 0.5) is 18.9 Å². The second-order valence-electron chi connectivity index (χ2n) is 10.7. The van der Waals surface area contributed by atoms with Crippen LogP contribution in [0.15, 0.2) is 116 Å². The highest BCUT2D eigenvalue weighted by Gasteiger charge is 2.33. The first kappa shape index (κ1) is 32.3. The molecule has 0 unspecified atom stereocenters. The van der Waals surface area contributed by atoms with Crippen molar-refractivity contribution in [2.45, 2.75) is 38.7 Å². The average molecular weight is 640 g/mol. The summed E-state index contributed by atoms with van der Waals surface area (Å²) in [5, 5.41) is 12.6. The molecule has 0 bridgehead atoms. The molecule has 5 rings (SSSR count). The first-order chi connectivity index (χ1) is 22.3. The molecule has 234 valence electrons. The van der Waals surface area contributed by atoms with E-state index < -0.39 is 11.7 Å². The summed E-state index contributed by atoms with van der Waals surface area (Å²) in [5.41, 5.74) is 3.84. The van der Waals surface area contributed by atoms with Crippen molar-refractivity contribution in [3.05, 3.63) is 149 Å². The fraction of sp³-hybridized carbons (Fsp3) is 0.194. The molecule has 1 aromatic heterocycles. The Morgan fingerprint density at radius 2 is 1.63 bits per heavy atom. The van der Waals surface area contributed by atoms with Crippen molar-refractivity contribution >= 4 is 23.0 Å². The molecule has 0 aliphatic heterocycles. The zero-order chi connectivity index (χ0) is 32.4. The van der Waals surface area contributed by atoms with E-state index in [4.69, 9.17) is 22.2 Å². The number of halogens is 3. The van der Waals surface area contributed by atoms with Crippen molar-refractivity contribution in [3.63, 3.8) is 0 Å². The number of hydrogen-bond donors (Lipinski definition) is 1. The van der Waals surface area contributed by atoms with Crippen LogP contribution in [-0.4, -0.2) is 26.1 Å². The smallest absolute Gasteiger partial charge is 0.416 e. The van der Waals surface area contributed by atoms with Crippen molar-refractivity contribution in [1.29, 1.82) is 5.26 Å². The molecule has 0 amide bonds. The Hall–Kier alpha value is -5.14. The molecule has 0 spiro atoms. The second kappa shape index (κ2) is 15.2. The number of nitrogens with zero attached hydrogens (tertiary/aromatic N) is 4. The molecule has 0 atom stereocenters. The molecule has 5 aromatic rings. The summed E-state index contributed by atoms with van der Waals surface area (Å²) in [7, 11) is 0. The van der Waals surface area contributed by atoms with Crippen LogP contribution in [0.5, 0.6) is 5.75 Å². The predicted molar refractivity (Wildman–Crippen MR) is 176 cm³/mol. The summed E-state index contributed by atoms with van der Waals surface area (Å²) in [6.07, 6.45) is 0.338. The van der Waals surface area contributed by atoms with Crippen LogP contribution in [0, 0.1) is 11.3 Å². The lowest BCUT2D eigenvalue weighted by Gasteiger charge is -2.27. The van der Waals surface area contributed by atoms with E-state index in [1.807, 2.05) is 71.3 Å². The summed E-state index contributed by atoms with van der Waals surface area (Å²) in [6.45, 7) is 1.43. The lowest BCUT2D eigenvalue weighted by Crippen LogP contribution is -2.36. The molecular formula is C36H32F3N5OS. The summed E-state index contributed by atoms with van der Waals surface area (Å²) in [5.74, 6) is 0.689. The largest absolute Gasteiger partial charge is 0.489 e. The molecule has 46 heavy (non-hydrogen) atoms. The van der Waals surface area contributed by atoms with Gasteiger partial charge in [0.2, 0.25) is 0 Å². The van der Waals surface area contributed by atoms with Crippen LogP contribution in [-0.2, 0) is 32.3 Å². The monoisotopic (exact) mass is 639 g/mol. The zero-order valence-electron chi connectivity index (χ0n) is 25.0. The Balaban J connectivity index is 1.26. The molecule has 1 N–H and O–H groups in total. The van der Waals surface area contributed by atoms with Crippen molar-refractivity contribution in [3.8, 4) is 11.8 Å². The van der Waals surface area contributed by atoms with Gasteiger partial charge in [-0.25, -0.2) is 4.98 Å². The summed E-state index contributed by atoms with van der Waals surface area (Å²) < 4.78 is 49.5. The normalized spacial score (nSPS) is 11.1. The molecule has 0 saturated heterocycles. The Morgan fingerprint density at radius 1 is 0.913 bits per heavy atom. The number of imidazole rings is 1. The summed E-state index contributed by atoms with van der Waals surface area (Å²) in [6, 6.07) is 32.2. The van der Waals surface area contributed by atoms with Gasteiger partial charge in [-0.2, -0.15) is 18.4 Å². The number of ether oxygens (including phenoxy) is 1. The fourth-order valence-corrected chi connectivity index (χ4v) is 5.28. The maximum Gasteiger partial charge on any atom is 0.416 e. The van der Waals surface area contributed by atoms with Gasteiger partial charge in [0.05, 0.1) is 23.5 Å². The highest BCUT2D eigenvalue weighted by Crippen LogP contribution is 2.32. The van der Waals surface area contributed by atoms with Crippen LogP contribution in [0.25, 0.3) is 0 Å². The van der Waals surface area contributed by atoms with Gasteiger partial charge in [0.1, 0.15) is 12.4 Å². The third-order valence-electron chi connectivity index (χ3n) is 7.42. The third kappa shape index (κ3) is 8.96. The number of rotatable bonds is 12. The molecule has 10 heteroatoms. The minimum absolute atomic E-state index is 0.00963. The summed E-state index contributed by atoms with van der Waals surface area (Å²) >= 11 is 5.75. The number of benzene rings is 4. The number of anilines is 1. The Labute approximate surface area is 271 Å². The van der Waals surface area contributed by atoms with E-state index in [1.54, 1.807) is 35.6 Å². The third-order valence-corrected chi connectivity index (χ3v) is 7.78. The molecule has 1 heterocycles. The van der Waals surface area contributed by atoms with E-state index in [2.05, 4.69) is 16.4 Å².